The maximum atomic E-state index is 10.1. The number of benzene rings is 10. The van der Waals surface area contributed by atoms with Crippen LogP contribution < -0.4 is 0 Å². The number of aromatic nitrogens is 3. The Morgan fingerprint density at radius 1 is 0.299 bits per heavy atom. The molecule has 3 heterocycles. The molecular weight excluding hydrogens is 815 g/mol. The van der Waals surface area contributed by atoms with Gasteiger partial charge in [-0.1, -0.05) is 140 Å². The molecule has 13 aromatic rings. The molecule has 13 rings (SSSR count). The van der Waals surface area contributed by atoms with E-state index in [1.165, 1.54) is 10.8 Å². The fraction of sp³-hybridized carbons (Fsp3) is 0. The monoisotopic (exact) mass is 851 g/mol. The van der Waals surface area contributed by atoms with Gasteiger partial charge in [-0.3, -0.25) is 0 Å². The highest BCUT2D eigenvalue weighted by atomic mass is 15.0. The summed E-state index contributed by atoms with van der Waals surface area (Å²) in [7, 11) is 0. The molecule has 3 aromatic heterocycles. The van der Waals surface area contributed by atoms with Gasteiger partial charge in [0.25, 0.3) is 0 Å². The first kappa shape index (κ1) is 38.1. The molecule has 0 saturated carbocycles. The zero-order chi connectivity index (χ0) is 44.6. The lowest BCUT2D eigenvalue weighted by molar-refractivity contribution is 1.17. The van der Waals surface area contributed by atoms with Crippen LogP contribution in [0.25, 0.3) is 116 Å². The van der Waals surface area contributed by atoms with E-state index in [0.29, 0.717) is 11.1 Å². The van der Waals surface area contributed by atoms with E-state index in [4.69, 9.17) is 0 Å². The number of nitrogens with zero attached hydrogens (tertiary/aromatic N) is 5. The van der Waals surface area contributed by atoms with Crippen LogP contribution in [0.15, 0.2) is 224 Å². The van der Waals surface area contributed by atoms with E-state index in [-0.39, 0.29) is 0 Å². The van der Waals surface area contributed by atoms with Crippen molar-refractivity contribution in [2.24, 2.45) is 0 Å². The summed E-state index contributed by atoms with van der Waals surface area (Å²) < 4.78 is 7.31. The summed E-state index contributed by atoms with van der Waals surface area (Å²) in [6.07, 6.45) is 0. The molecule has 67 heavy (non-hydrogen) atoms. The van der Waals surface area contributed by atoms with Crippen molar-refractivity contribution in [1.82, 2.24) is 13.7 Å². The molecule has 0 bridgehead atoms. The zero-order valence-corrected chi connectivity index (χ0v) is 36.1. The SMILES string of the molecule is N#Cc1cc(C#N)cc(-c2cc(-c3ccccc3)c(-n3c4ccc(-n5c6ccccc6c6ccccc65)cc4c4ccc5c(c6ccccc6n5-c5ccccc5)c43)c(-c3ccccc3)c2)c1. The highest BCUT2D eigenvalue weighted by Gasteiger charge is 2.26. The average Bonchev–Trinajstić information content (AvgIpc) is 4.04. The molecule has 0 spiro atoms. The first-order valence-corrected chi connectivity index (χ1v) is 22.5. The van der Waals surface area contributed by atoms with Gasteiger partial charge in [0.15, 0.2) is 0 Å². The van der Waals surface area contributed by atoms with Crippen molar-refractivity contribution in [2.75, 3.05) is 0 Å². The second kappa shape index (κ2) is 15.1. The van der Waals surface area contributed by atoms with Gasteiger partial charge in [-0.25, -0.2) is 0 Å². The van der Waals surface area contributed by atoms with E-state index < -0.39 is 0 Å². The van der Waals surface area contributed by atoms with Crippen molar-refractivity contribution < 1.29 is 0 Å². The molecule has 5 nitrogen and oxygen atoms in total. The van der Waals surface area contributed by atoms with Crippen LogP contribution in [0.2, 0.25) is 0 Å². The fourth-order valence-corrected chi connectivity index (χ4v) is 10.6. The molecule has 0 N–H and O–H groups in total. The predicted octanol–water partition coefficient (Wildman–Crippen LogP) is 15.7. The van der Waals surface area contributed by atoms with Crippen LogP contribution in [-0.4, -0.2) is 13.7 Å². The first-order chi connectivity index (χ1) is 33.2. The molecular formula is C62H37N5. The third-order valence-corrected chi connectivity index (χ3v) is 13.4. The van der Waals surface area contributed by atoms with E-state index in [1.54, 1.807) is 6.07 Å². The summed E-state index contributed by atoms with van der Waals surface area (Å²) in [6.45, 7) is 0. The molecule has 0 unspecified atom stereocenters. The lowest BCUT2D eigenvalue weighted by Gasteiger charge is -2.22. The van der Waals surface area contributed by atoms with Crippen molar-refractivity contribution in [2.45, 2.75) is 0 Å². The molecule has 0 fully saturated rings. The van der Waals surface area contributed by atoms with Crippen LogP contribution in [0.4, 0.5) is 0 Å². The molecule has 310 valence electrons. The molecule has 0 saturated heterocycles. The highest BCUT2D eigenvalue weighted by Crippen LogP contribution is 2.48. The normalized spacial score (nSPS) is 11.6. The topological polar surface area (TPSA) is 62.4 Å². The second-order valence-corrected chi connectivity index (χ2v) is 17.1. The van der Waals surface area contributed by atoms with Gasteiger partial charge in [0, 0.05) is 54.8 Å². The quantitative estimate of drug-likeness (QED) is 0.167. The third kappa shape index (κ3) is 5.86. The number of nitriles is 2. The fourth-order valence-electron chi connectivity index (χ4n) is 10.6. The van der Waals surface area contributed by atoms with Gasteiger partial charge < -0.3 is 13.7 Å². The molecule has 0 aliphatic heterocycles. The summed E-state index contributed by atoms with van der Waals surface area (Å²) in [4.78, 5) is 0. The maximum absolute atomic E-state index is 10.1. The second-order valence-electron chi connectivity index (χ2n) is 17.1. The average molecular weight is 852 g/mol. The Kier molecular flexibility index (Phi) is 8.58. The Morgan fingerprint density at radius 2 is 0.761 bits per heavy atom. The Morgan fingerprint density at radius 3 is 1.34 bits per heavy atom. The van der Waals surface area contributed by atoms with Crippen LogP contribution in [0.5, 0.6) is 0 Å². The van der Waals surface area contributed by atoms with Crippen LogP contribution in [0.1, 0.15) is 11.1 Å². The Labute approximate surface area is 386 Å². The van der Waals surface area contributed by atoms with Crippen LogP contribution >= 0.6 is 0 Å². The van der Waals surface area contributed by atoms with Gasteiger partial charge >= 0.3 is 0 Å². The molecule has 0 atom stereocenters. The molecule has 10 aromatic carbocycles. The summed E-state index contributed by atoms with van der Waals surface area (Å²) in [5, 5.41) is 27.3. The molecule has 0 radical (unpaired) electrons. The largest absolute Gasteiger partial charge is 0.309 e. The van der Waals surface area contributed by atoms with Crippen LogP contribution in [-0.2, 0) is 0 Å². The molecule has 5 heteroatoms. The first-order valence-electron chi connectivity index (χ1n) is 22.5. The van der Waals surface area contributed by atoms with Crippen LogP contribution in [0.3, 0.4) is 0 Å². The number of fused-ring (bicyclic) bond motifs is 10. The summed E-state index contributed by atoms with van der Waals surface area (Å²) in [6, 6.07) is 84.0. The van der Waals surface area contributed by atoms with Gasteiger partial charge in [0.2, 0.25) is 0 Å². The lowest BCUT2D eigenvalue weighted by atomic mass is 9.89. The van der Waals surface area contributed by atoms with E-state index in [0.717, 1.165) is 105 Å². The third-order valence-electron chi connectivity index (χ3n) is 13.4. The molecule has 0 aliphatic carbocycles. The van der Waals surface area contributed by atoms with Crippen molar-refractivity contribution in [3.8, 4) is 62.6 Å². The minimum absolute atomic E-state index is 0.444. The number of para-hydroxylation sites is 4. The van der Waals surface area contributed by atoms with E-state index in [2.05, 4.69) is 232 Å². The Bertz CT molecular complexity index is 4070. The minimum atomic E-state index is 0.444. The summed E-state index contributed by atoms with van der Waals surface area (Å²) in [5.41, 5.74) is 16.7. The molecule has 0 amide bonds. The Hall–Kier alpha value is -9.42. The number of rotatable bonds is 6. The zero-order valence-electron chi connectivity index (χ0n) is 36.1. The standard InChI is InChI=1S/C62H37N5/c63-38-40-32-41(39-64)34-44(33-40)45-35-52(42-16-4-1-5-17-42)61(53(36-45)43-18-6-2-7-19-43)67-58-30-28-47(66-55-25-13-10-22-48(55)49-23-11-14-26-56(49)66)37-54(58)50-29-31-59-60(62(50)67)51-24-12-15-27-57(51)65(59)46-20-8-3-9-21-46/h1-37H. The minimum Gasteiger partial charge on any atom is -0.309 e. The summed E-state index contributed by atoms with van der Waals surface area (Å²) in [5.74, 6) is 0. The van der Waals surface area contributed by atoms with Crippen molar-refractivity contribution >= 4 is 65.4 Å². The number of hydrogen-bond acceptors (Lipinski definition) is 2. The summed E-state index contributed by atoms with van der Waals surface area (Å²) >= 11 is 0. The van der Waals surface area contributed by atoms with Gasteiger partial charge in [-0.2, -0.15) is 10.5 Å². The van der Waals surface area contributed by atoms with Crippen molar-refractivity contribution in [3.63, 3.8) is 0 Å². The maximum Gasteiger partial charge on any atom is 0.0992 e. The van der Waals surface area contributed by atoms with Crippen LogP contribution in [0, 0.1) is 22.7 Å². The Balaban J connectivity index is 1.23. The van der Waals surface area contributed by atoms with Gasteiger partial charge in [0.05, 0.1) is 62.1 Å². The van der Waals surface area contributed by atoms with Crippen molar-refractivity contribution in [1.29, 1.82) is 10.5 Å². The van der Waals surface area contributed by atoms with Crippen molar-refractivity contribution in [3.05, 3.63) is 236 Å². The van der Waals surface area contributed by atoms with E-state index in [1.807, 2.05) is 12.1 Å². The van der Waals surface area contributed by atoms with Gasteiger partial charge in [0.1, 0.15) is 0 Å². The van der Waals surface area contributed by atoms with Gasteiger partial charge in [-0.15, -0.1) is 0 Å². The smallest absolute Gasteiger partial charge is 0.0992 e. The lowest BCUT2D eigenvalue weighted by Crippen LogP contribution is -2.02. The highest BCUT2D eigenvalue weighted by molar-refractivity contribution is 6.27. The van der Waals surface area contributed by atoms with E-state index in [9.17, 15) is 10.5 Å². The number of hydrogen-bond donors (Lipinski definition) is 0. The predicted molar refractivity (Wildman–Crippen MR) is 275 cm³/mol. The molecule has 0 aliphatic rings. The van der Waals surface area contributed by atoms with E-state index >= 15 is 0 Å². The van der Waals surface area contributed by atoms with Gasteiger partial charge in [-0.05, 0) is 107 Å².